The van der Waals surface area contributed by atoms with Crippen LogP contribution in [-0.2, 0) is 25.4 Å². The zero-order chi connectivity index (χ0) is 26.5. The van der Waals surface area contributed by atoms with Gasteiger partial charge in [-0.05, 0) is 19.9 Å². The highest BCUT2D eigenvalue weighted by atomic mass is 19.4. The molecule has 0 saturated carbocycles. The van der Waals surface area contributed by atoms with Crippen LogP contribution in [0, 0.1) is 6.92 Å². The molecule has 1 amide bonds. The van der Waals surface area contributed by atoms with E-state index in [1.54, 1.807) is 17.8 Å². The number of imidazole rings is 1. The van der Waals surface area contributed by atoms with Crippen molar-refractivity contribution in [3.63, 3.8) is 0 Å². The van der Waals surface area contributed by atoms with E-state index in [1.165, 1.54) is 24.5 Å². The molecule has 0 spiro atoms. The molecule has 1 N–H and O–H groups in total. The first kappa shape index (κ1) is 24.5. The van der Waals surface area contributed by atoms with Gasteiger partial charge in [0.05, 0.1) is 23.9 Å². The molecule has 37 heavy (non-hydrogen) atoms. The van der Waals surface area contributed by atoms with Crippen LogP contribution in [0.4, 0.5) is 18.0 Å². The fourth-order valence-corrected chi connectivity index (χ4v) is 4.89. The Balaban J connectivity index is 1.66. The van der Waals surface area contributed by atoms with Gasteiger partial charge in [0, 0.05) is 37.8 Å². The van der Waals surface area contributed by atoms with Crippen LogP contribution in [0.1, 0.15) is 30.2 Å². The van der Waals surface area contributed by atoms with E-state index < -0.39 is 23.4 Å². The molecule has 3 aromatic heterocycles. The molecule has 0 aliphatic carbocycles. The van der Waals surface area contributed by atoms with E-state index in [2.05, 4.69) is 15.1 Å². The number of likely N-dealkylation sites (tertiary alicyclic amines) is 1. The highest BCUT2D eigenvalue weighted by molar-refractivity contribution is 5.81. The average Bonchev–Trinajstić information content (AvgIpc) is 3.55. The summed E-state index contributed by atoms with van der Waals surface area (Å²) in [7, 11) is 1.76. The van der Waals surface area contributed by atoms with Crippen molar-refractivity contribution >= 4 is 17.3 Å². The van der Waals surface area contributed by atoms with Crippen LogP contribution >= 0.6 is 0 Å². The van der Waals surface area contributed by atoms with Gasteiger partial charge in [-0.25, -0.2) is 14.8 Å². The monoisotopic (exact) mass is 515 g/mol. The molecule has 0 bridgehead atoms. The second-order valence-corrected chi connectivity index (χ2v) is 8.90. The van der Waals surface area contributed by atoms with Gasteiger partial charge in [0.15, 0.2) is 16.8 Å². The number of halogens is 3. The molecule has 4 aromatic rings. The van der Waals surface area contributed by atoms with Crippen LogP contribution in [0.15, 0.2) is 36.8 Å². The quantitative estimate of drug-likeness (QED) is 0.423. The van der Waals surface area contributed by atoms with Crippen LogP contribution in [0.25, 0.3) is 22.6 Å². The molecule has 10 nitrogen and oxygen atoms in total. The molecule has 1 aromatic carbocycles. The number of aromatic nitrogens is 6. The zero-order valence-corrected chi connectivity index (χ0v) is 20.3. The van der Waals surface area contributed by atoms with E-state index in [1.807, 2.05) is 18.5 Å². The van der Waals surface area contributed by atoms with Gasteiger partial charge in [0.2, 0.25) is 5.88 Å². The summed E-state index contributed by atoms with van der Waals surface area (Å²) in [6.45, 7) is 4.25. The molecule has 1 saturated heterocycles. The van der Waals surface area contributed by atoms with Crippen molar-refractivity contribution in [1.82, 2.24) is 34.2 Å². The van der Waals surface area contributed by atoms with Crippen molar-refractivity contribution in [1.29, 1.82) is 0 Å². The minimum atomic E-state index is -4.67. The van der Waals surface area contributed by atoms with Gasteiger partial charge in [0.25, 0.3) is 0 Å². The Kier molecular flexibility index (Phi) is 5.80. The van der Waals surface area contributed by atoms with Gasteiger partial charge >= 0.3 is 12.3 Å². The highest BCUT2D eigenvalue weighted by Crippen LogP contribution is 2.44. The van der Waals surface area contributed by atoms with Crippen LogP contribution in [0.5, 0.6) is 5.88 Å². The molecule has 1 aliphatic heterocycles. The topological polar surface area (TPSA) is 111 Å². The van der Waals surface area contributed by atoms with E-state index >= 15 is 0 Å². The molecular weight excluding hydrogens is 491 g/mol. The number of hydrogen-bond acceptors (Lipinski definition) is 6. The fraction of sp³-hybridized carbons (Fsp3) is 0.375. The number of carboxylic acid groups (broad SMARTS) is 1. The van der Waals surface area contributed by atoms with Crippen molar-refractivity contribution in [2.24, 2.45) is 7.05 Å². The molecule has 1 fully saturated rings. The average molecular weight is 515 g/mol. The Morgan fingerprint density at radius 1 is 1.24 bits per heavy atom. The lowest BCUT2D eigenvalue weighted by Crippen LogP contribution is -2.40. The minimum absolute atomic E-state index is 0.0000407. The maximum absolute atomic E-state index is 14.0. The van der Waals surface area contributed by atoms with Crippen molar-refractivity contribution in [2.75, 3.05) is 13.1 Å². The van der Waals surface area contributed by atoms with E-state index in [0.29, 0.717) is 18.0 Å². The first-order valence-electron chi connectivity index (χ1n) is 11.6. The molecule has 4 heterocycles. The molecule has 13 heteroatoms. The summed E-state index contributed by atoms with van der Waals surface area (Å²) >= 11 is 0. The number of aryl methyl sites for hydroxylation is 2. The SMILES string of the molecule is CCn1ncc(-c2nc3c(OC4(c5ccccc5C(F)(F)F)CCN(C(=O)O)C4)ncnc3n2C)c1C. The number of carbonyl (C=O) groups is 1. The maximum atomic E-state index is 14.0. The summed E-state index contributed by atoms with van der Waals surface area (Å²) in [5, 5.41) is 13.9. The predicted molar refractivity (Wildman–Crippen MR) is 126 cm³/mol. The van der Waals surface area contributed by atoms with Crippen LogP contribution in [0.3, 0.4) is 0 Å². The van der Waals surface area contributed by atoms with Crippen LogP contribution in [-0.4, -0.2) is 58.5 Å². The zero-order valence-electron chi connectivity index (χ0n) is 20.3. The number of benzene rings is 1. The molecule has 1 atom stereocenters. The number of rotatable bonds is 5. The van der Waals surface area contributed by atoms with Gasteiger partial charge < -0.3 is 19.3 Å². The largest absolute Gasteiger partial charge is 0.465 e. The van der Waals surface area contributed by atoms with Gasteiger partial charge in [-0.1, -0.05) is 18.2 Å². The van der Waals surface area contributed by atoms with Gasteiger partial charge in [0.1, 0.15) is 12.2 Å². The van der Waals surface area contributed by atoms with Gasteiger partial charge in [-0.3, -0.25) is 4.68 Å². The minimum Gasteiger partial charge on any atom is -0.465 e. The van der Waals surface area contributed by atoms with Gasteiger partial charge in [-0.15, -0.1) is 0 Å². The lowest BCUT2D eigenvalue weighted by Gasteiger charge is -2.32. The third kappa shape index (κ3) is 4.03. The lowest BCUT2D eigenvalue weighted by molar-refractivity contribution is -0.140. The molecule has 5 rings (SSSR count). The van der Waals surface area contributed by atoms with Crippen LogP contribution in [0.2, 0.25) is 0 Å². The molecule has 1 aliphatic rings. The Bertz CT molecular complexity index is 1500. The van der Waals surface area contributed by atoms with Crippen LogP contribution < -0.4 is 4.74 Å². The fourth-order valence-electron chi connectivity index (χ4n) is 4.89. The Morgan fingerprint density at radius 2 is 2.00 bits per heavy atom. The normalized spacial score (nSPS) is 18.1. The van der Waals surface area contributed by atoms with Crippen molar-refractivity contribution in [3.8, 4) is 17.3 Å². The van der Waals surface area contributed by atoms with Crippen molar-refractivity contribution in [3.05, 3.63) is 53.6 Å². The summed E-state index contributed by atoms with van der Waals surface area (Å²) in [5.41, 5.74) is -0.363. The van der Waals surface area contributed by atoms with Crippen molar-refractivity contribution in [2.45, 2.75) is 38.6 Å². The van der Waals surface area contributed by atoms with E-state index in [-0.39, 0.29) is 36.5 Å². The maximum Gasteiger partial charge on any atom is 0.416 e. The molecule has 1 unspecified atom stereocenters. The molecule has 0 radical (unpaired) electrons. The first-order valence-corrected chi connectivity index (χ1v) is 11.6. The second kappa shape index (κ2) is 8.75. The van der Waals surface area contributed by atoms with Gasteiger partial charge in [-0.2, -0.15) is 23.3 Å². The lowest BCUT2D eigenvalue weighted by atomic mass is 9.88. The Hall–Kier alpha value is -4.16. The summed E-state index contributed by atoms with van der Waals surface area (Å²) in [6, 6.07) is 5.05. The third-order valence-corrected chi connectivity index (χ3v) is 6.78. The summed E-state index contributed by atoms with van der Waals surface area (Å²) in [5.74, 6) is 0.512. The summed E-state index contributed by atoms with van der Waals surface area (Å²) in [4.78, 5) is 26.0. The highest BCUT2D eigenvalue weighted by Gasteiger charge is 2.49. The van der Waals surface area contributed by atoms with E-state index in [0.717, 1.165) is 22.2 Å². The molecular formula is C24H24F3N7O3. The van der Waals surface area contributed by atoms with E-state index in [9.17, 15) is 23.1 Å². The standard InChI is InChI=1S/C24H24F3N7O3/c1-4-34-14(2)15(11-30-34)19-31-18-20(32(19)3)28-13-29-21(18)37-23(9-10-33(12-23)22(35)36)16-7-5-6-8-17(16)24(25,26)27/h5-8,11,13H,4,9-10,12H2,1-3H3,(H,35,36). The summed E-state index contributed by atoms with van der Waals surface area (Å²) in [6.07, 6.45) is -2.97. The summed E-state index contributed by atoms with van der Waals surface area (Å²) < 4.78 is 51.8. The second-order valence-electron chi connectivity index (χ2n) is 8.90. The number of fused-ring (bicyclic) bond motifs is 1. The molecule has 194 valence electrons. The Labute approximate surface area is 209 Å². The van der Waals surface area contributed by atoms with Crippen molar-refractivity contribution < 1.29 is 27.8 Å². The number of nitrogens with zero attached hydrogens (tertiary/aromatic N) is 7. The third-order valence-electron chi connectivity index (χ3n) is 6.78. The number of alkyl halides is 3. The first-order chi connectivity index (χ1) is 17.6. The van der Waals surface area contributed by atoms with E-state index in [4.69, 9.17) is 9.72 Å². The Morgan fingerprint density at radius 3 is 2.65 bits per heavy atom. The predicted octanol–water partition coefficient (Wildman–Crippen LogP) is 4.23. The smallest absolute Gasteiger partial charge is 0.416 e. The number of amides is 1. The number of ether oxygens (including phenoxy) is 1. The number of hydrogen-bond donors (Lipinski definition) is 1.